The zero-order valence-corrected chi connectivity index (χ0v) is 11.5. The predicted molar refractivity (Wildman–Crippen MR) is 79.5 cm³/mol. The fraction of sp³-hybridized carbons (Fsp3) is 0.118. The number of methoxy groups -OCH3 is 2. The average molecular weight is 265 g/mol. The third-order valence-corrected chi connectivity index (χ3v) is 2.94. The standard InChI is InChI=1S/C17H15NO2/c1-19-15-9-7-13(8-10-15)11-14(12-18)16-5-3-4-6-17(16)20-2/h3-11H,1-2H3. The summed E-state index contributed by atoms with van der Waals surface area (Å²) in [4.78, 5) is 0. The highest BCUT2D eigenvalue weighted by Gasteiger charge is 2.07. The highest BCUT2D eigenvalue weighted by Crippen LogP contribution is 2.27. The van der Waals surface area contributed by atoms with Crippen molar-refractivity contribution < 1.29 is 9.47 Å². The van der Waals surface area contributed by atoms with E-state index in [-0.39, 0.29) is 0 Å². The molecular formula is C17H15NO2. The molecule has 0 fully saturated rings. The Balaban J connectivity index is 2.41. The molecule has 2 aromatic carbocycles. The Labute approximate surface area is 118 Å². The lowest BCUT2D eigenvalue weighted by Gasteiger charge is -2.07. The molecular weight excluding hydrogens is 250 g/mol. The highest BCUT2D eigenvalue weighted by atomic mass is 16.5. The van der Waals surface area contributed by atoms with Gasteiger partial charge in [0.05, 0.1) is 25.9 Å². The summed E-state index contributed by atoms with van der Waals surface area (Å²) in [6.07, 6.45) is 1.83. The zero-order chi connectivity index (χ0) is 14.4. The third-order valence-electron chi connectivity index (χ3n) is 2.94. The van der Waals surface area contributed by atoms with Crippen LogP contribution in [-0.4, -0.2) is 14.2 Å². The predicted octanol–water partition coefficient (Wildman–Crippen LogP) is 3.77. The van der Waals surface area contributed by atoms with Crippen LogP contribution < -0.4 is 9.47 Å². The van der Waals surface area contributed by atoms with E-state index in [0.29, 0.717) is 11.3 Å². The molecule has 3 nitrogen and oxygen atoms in total. The van der Waals surface area contributed by atoms with E-state index in [0.717, 1.165) is 16.9 Å². The Morgan fingerprint density at radius 2 is 1.70 bits per heavy atom. The molecule has 0 atom stereocenters. The molecule has 100 valence electrons. The molecule has 0 aliphatic carbocycles. The molecule has 0 unspecified atom stereocenters. The van der Waals surface area contributed by atoms with Crippen LogP contribution in [0.5, 0.6) is 11.5 Å². The number of para-hydroxylation sites is 1. The van der Waals surface area contributed by atoms with Gasteiger partial charge in [-0.25, -0.2) is 0 Å². The SMILES string of the molecule is COc1ccc(C=C(C#N)c2ccccc2OC)cc1. The van der Waals surface area contributed by atoms with E-state index >= 15 is 0 Å². The summed E-state index contributed by atoms with van der Waals surface area (Å²) in [5.41, 5.74) is 2.29. The van der Waals surface area contributed by atoms with Crippen molar-refractivity contribution in [1.29, 1.82) is 5.26 Å². The Kier molecular flexibility index (Phi) is 4.41. The van der Waals surface area contributed by atoms with Crippen molar-refractivity contribution >= 4 is 11.6 Å². The van der Waals surface area contributed by atoms with Crippen LogP contribution in [0.1, 0.15) is 11.1 Å². The Morgan fingerprint density at radius 3 is 2.30 bits per heavy atom. The van der Waals surface area contributed by atoms with Gasteiger partial charge in [-0.15, -0.1) is 0 Å². The van der Waals surface area contributed by atoms with Gasteiger partial charge in [-0.3, -0.25) is 0 Å². The lowest BCUT2D eigenvalue weighted by molar-refractivity contribution is 0.413. The van der Waals surface area contributed by atoms with Gasteiger partial charge in [0.2, 0.25) is 0 Å². The van der Waals surface area contributed by atoms with Crippen molar-refractivity contribution in [1.82, 2.24) is 0 Å². The summed E-state index contributed by atoms with van der Waals surface area (Å²) >= 11 is 0. The molecule has 0 bridgehead atoms. The van der Waals surface area contributed by atoms with Crippen molar-refractivity contribution in [2.24, 2.45) is 0 Å². The van der Waals surface area contributed by atoms with Gasteiger partial charge in [-0.05, 0) is 35.9 Å². The number of nitriles is 1. The van der Waals surface area contributed by atoms with E-state index in [1.807, 2.05) is 54.6 Å². The fourth-order valence-electron chi connectivity index (χ4n) is 1.90. The monoisotopic (exact) mass is 265 g/mol. The van der Waals surface area contributed by atoms with Crippen LogP contribution in [0.25, 0.3) is 11.6 Å². The summed E-state index contributed by atoms with van der Waals surface area (Å²) in [6.45, 7) is 0. The molecule has 20 heavy (non-hydrogen) atoms. The van der Waals surface area contributed by atoms with Gasteiger partial charge in [-0.1, -0.05) is 24.3 Å². The van der Waals surface area contributed by atoms with Gasteiger partial charge in [0.15, 0.2) is 0 Å². The summed E-state index contributed by atoms with van der Waals surface area (Å²) in [5.74, 6) is 1.48. The molecule has 0 aliphatic heterocycles. The number of nitrogens with zero attached hydrogens (tertiary/aromatic N) is 1. The van der Waals surface area contributed by atoms with Gasteiger partial charge >= 0.3 is 0 Å². The smallest absolute Gasteiger partial charge is 0.127 e. The number of hydrogen-bond acceptors (Lipinski definition) is 3. The molecule has 2 rings (SSSR count). The van der Waals surface area contributed by atoms with Crippen molar-refractivity contribution in [3.63, 3.8) is 0 Å². The van der Waals surface area contributed by atoms with Crippen molar-refractivity contribution in [2.45, 2.75) is 0 Å². The van der Waals surface area contributed by atoms with Gasteiger partial charge in [0.25, 0.3) is 0 Å². The van der Waals surface area contributed by atoms with Crippen LogP contribution in [0, 0.1) is 11.3 Å². The second-order valence-corrected chi connectivity index (χ2v) is 4.14. The molecule has 0 spiro atoms. The molecule has 0 radical (unpaired) electrons. The Bertz CT molecular complexity index is 651. The average Bonchev–Trinajstić information content (AvgIpc) is 2.53. The first-order valence-corrected chi connectivity index (χ1v) is 6.17. The zero-order valence-electron chi connectivity index (χ0n) is 11.5. The minimum atomic E-state index is 0.563. The van der Waals surface area contributed by atoms with Crippen LogP contribution in [0.15, 0.2) is 48.5 Å². The molecule has 0 heterocycles. The molecule has 3 heteroatoms. The number of rotatable bonds is 4. The maximum Gasteiger partial charge on any atom is 0.127 e. The quantitative estimate of drug-likeness (QED) is 0.624. The van der Waals surface area contributed by atoms with E-state index in [9.17, 15) is 5.26 Å². The number of ether oxygens (including phenoxy) is 2. The summed E-state index contributed by atoms with van der Waals surface area (Å²) in [6, 6.07) is 17.2. The molecule has 0 aliphatic rings. The Morgan fingerprint density at radius 1 is 1.00 bits per heavy atom. The third kappa shape index (κ3) is 2.99. The van der Waals surface area contributed by atoms with E-state index in [4.69, 9.17) is 9.47 Å². The summed E-state index contributed by atoms with van der Waals surface area (Å²) in [7, 11) is 3.22. The van der Waals surface area contributed by atoms with Crippen LogP contribution >= 0.6 is 0 Å². The maximum absolute atomic E-state index is 9.36. The number of hydrogen-bond donors (Lipinski definition) is 0. The van der Waals surface area contributed by atoms with Gasteiger partial charge in [0, 0.05) is 5.56 Å². The van der Waals surface area contributed by atoms with E-state index in [1.54, 1.807) is 14.2 Å². The molecule has 0 aromatic heterocycles. The molecule has 0 amide bonds. The van der Waals surface area contributed by atoms with Gasteiger partial charge < -0.3 is 9.47 Å². The largest absolute Gasteiger partial charge is 0.497 e. The lowest BCUT2D eigenvalue weighted by Crippen LogP contribution is -1.90. The minimum Gasteiger partial charge on any atom is -0.497 e. The maximum atomic E-state index is 9.36. The second-order valence-electron chi connectivity index (χ2n) is 4.14. The lowest BCUT2D eigenvalue weighted by atomic mass is 10.0. The summed E-state index contributed by atoms with van der Waals surface area (Å²) < 4.78 is 10.4. The van der Waals surface area contributed by atoms with E-state index < -0.39 is 0 Å². The first-order valence-electron chi connectivity index (χ1n) is 6.17. The van der Waals surface area contributed by atoms with Gasteiger partial charge in [-0.2, -0.15) is 5.26 Å². The summed E-state index contributed by atoms with van der Waals surface area (Å²) in [5, 5.41) is 9.36. The van der Waals surface area contributed by atoms with Crippen LogP contribution in [0.4, 0.5) is 0 Å². The van der Waals surface area contributed by atoms with Crippen molar-refractivity contribution in [3.05, 3.63) is 59.7 Å². The fourth-order valence-corrected chi connectivity index (χ4v) is 1.90. The number of allylic oxidation sites excluding steroid dienone is 1. The number of benzene rings is 2. The van der Waals surface area contributed by atoms with Crippen molar-refractivity contribution in [3.8, 4) is 17.6 Å². The van der Waals surface area contributed by atoms with Crippen LogP contribution in [0.3, 0.4) is 0 Å². The minimum absolute atomic E-state index is 0.563. The Hall–Kier alpha value is -2.73. The molecule has 2 aromatic rings. The first kappa shape index (κ1) is 13.7. The normalized spacial score (nSPS) is 10.8. The second kappa shape index (κ2) is 6.44. The van der Waals surface area contributed by atoms with Gasteiger partial charge in [0.1, 0.15) is 11.5 Å². The van der Waals surface area contributed by atoms with Crippen LogP contribution in [-0.2, 0) is 0 Å². The first-order chi connectivity index (χ1) is 9.78. The van der Waals surface area contributed by atoms with Crippen molar-refractivity contribution in [2.75, 3.05) is 14.2 Å². The highest BCUT2D eigenvalue weighted by molar-refractivity contribution is 5.91. The van der Waals surface area contributed by atoms with E-state index in [2.05, 4.69) is 6.07 Å². The molecule has 0 saturated heterocycles. The topological polar surface area (TPSA) is 42.2 Å². The van der Waals surface area contributed by atoms with E-state index in [1.165, 1.54) is 0 Å². The molecule has 0 N–H and O–H groups in total. The van der Waals surface area contributed by atoms with Crippen LogP contribution in [0.2, 0.25) is 0 Å². The molecule has 0 saturated carbocycles.